The molecule has 0 radical (unpaired) electrons. The highest BCUT2D eigenvalue weighted by Crippen LogP contribution is 2.29. The van der Waals surface area contributed by atoms with Gasteiger partial charge in [0.1, 0.15) is 5.60 Å². The Morgan fingerprint density at radius 2 is 1.79 bits per heavy atom. The van der Waals surface area contributed by atoms with Gasteiger partial charge in [0.15, 0.2) is 0 Å². The van der Waals surface area contributed by atoms with Gasteiger partial charge < -0.3 is 4.74 Å². The number of nitrogens with zero attached hydrogens (tertiary/aromatic N) is 3. The summed E-state index contributed by atoms with van der Waals surface area (Å²) in [6.07, 6.45) is -0.529. The number of fused-ring (bicyclic) bond motifs is 2. The second kappa shape index (κ2) is 8.27. The lowest BCUT2D eigenvalue weighted by atomic mass is 9.96. The molecule has 1 aliphatic rings. The van der Waals surface area contributed by atoms with Crippen molar-refractivity contribution >= 4 is 27.1 Å². The summed E-state index contributed by atoms with van der Waals surface area (Å²) in [6, 6.07) is 13.1. The van der Waals surface area contributed by atoms with Gasteiger partial charge in [-0.15, -0.1) is 0 Å². The van der Waals surface area contributed by atoms with Crippen molar-refractivity contribution in [1.29, 1.82) is 0 Å². The lowest BCUT2D eigenvalue weighted by Crippen LogP contribution is -2.46. The fourth-order valence-corrected chi connectivity index (χ4v) is 4.88. The highest BCUT2D eigenvalue weighted by Gasteiger charge is 2.30. The van der Waals surface area contributed by atoms with Gasteiger partial charge in [-0.05, 0) is 50.5 Å². The summed E-state index contributed by atoms with van der Waals surface area (Å²) < 4.78 is 34.9. The minimum absolute atomic E-state index is 0.134. The third-order valence-electron chi connectivity index (χ3n) is 5.36. The van der Waals surface area contributed by atoms with Crippen LogP contribution in [0.1, 0.15) is 31.9 Å². The highest BCUT2D eigenvalue weighted by atomic mass is 32.2. The Balaban J connectivity index is 1.61. The predicted molar refractivity (Wildman–Crippen MR) is 125 cm³/mol. The van der Waals surface area contributed by atoms with Crippen molar-refractivity contribution in [3.63, 3.8) is 0 Å². The summed E-state index contributed by atoms with van der Waals surface area (Å²) in [5.74, 6) is 0. The van der Waals surface area contributed by atoms with Crippen LogP contribution in [-0.4, -0.2) is 40.7 Å². The molecule has 0 fully saturated rings. The number of benzene rings is 2. The van der Waals surface area contributed by atoms with Crippen molar-refractivity contribution in [2.75, 3.05) is 6.54 Å². The zero-order valence-electron chi connectivity index (χ0n) is 19.0. The van der Waals surface area contributed by atoms with Crippen LogP contribution in [0.25, 0.3) is 22.0 Å². The van der Waals surface area contributed by atoms with Gasteiger partial charge in [0.25, 0.3) is 5.56 Å². The average Bonchev–Trinajstić information content (AvgIpc) is 2.73. The first-order valence-electron chi connectivity index (χ1n) is 10.5. The molecule has 1 aromatic heterocycles. The van der Waals surface area contributed by atoms with E-state index < -0.39 is 21.9 Å². The van der Waals surface area contributed by atoms with E-state index >= 15 is 0 Å². The Hall–Kier alpha value is -3.24. The summed E-state index contributed by atoms with van der Waals surface area (Å²) in [4.78, 5) is 24.4. The molecular formula is C23H26N4O5S. The Morgan fingerprint density at radius 3 is 2.48 bits per heavy atom. The Bertz CT molecular complexity index is 1410. The zero-order valence-corrected chi connectivity index (χ0v) is 19.8. The molecule has 0 saturated heterocycles. The molecule has 0 spiro atoms. The summed E-state index contributed by atoms with van der Waals surface area (Å²) >= 11 is 0. The Kier molecular flexibility index (Phi) is 5.75. The molecule has 1 aliphatic heterocycles. The average molecular weight is 471 g/mol. The lowest BCUT2D eigenvalue weighted by molar-refractivity contribution is 0.0566. The molecule has 2 heterocycles. The monoisotopic (exact) mass is 470 g/mol. The molecule has 0 aliphatic carbocycles. The van der Waals surface area contributed by atoms with Crippen molar-refractivity contribution in [2.45, 2.75) is 39.3 Å². The first kappa shape index (κ1) is 22.9. The van der Waals surface area contributed by atoms with E-state index in [-0.39, 0.29) is 18.6 Å². The van der Waals surface area contributed by atoms with Crippen LogP contribution in [-0.2, 0) is 35.0 Å². The number of hydrogen-bond donors (Lipinski definition) is 1. The number of nitrogens with one attached hydrogen (secondary N) is 1. The number of ether oxygens (including phenoxy) is 1. The van der Waals surface area contributed by atoms with E-state index in [1.54, 1.807) is 33.9 Å². The second-order valence-electron chi connectivity index (χ2n) is 9.00. The molecule has 0 saturated carbocycles. The predicted octanol–water partition coefficient (Wildman–Crippen LogP) is 2.73. The summed E-state index contributed by atoms with van der Waals surface area (Å²) in [5.41, 5.74) is 2.42. The number of hydrogen-bond acceptors (Lipinski definition) is 6. The number of rotatable bonds is 3. The molecule has 1 amide bonds. The molecule has 9 nitrogen and oxygen atoms in total. The van der Waals surface area contributed by atoms with Gasteiger partial charge >= 0.3 is 16.3 Å². The molecular weight excluding hydrogens is 444 g/mol. The molecule has 1 N–H and O–H groups in total. The number of aryl methyl sites for hydroxylation is 1. The van der Waals surface area contributed by atoms with E-state index in [1.807, 2.05) is 41.1 Å². The van der Waals surface area contributed by atoms with Gasteiger partial charge in [-0.25, -0.2) is 14.2 Å². The largest absolute Gasteiger partial charge is 0.443 e. The van der Waals surface area contributed by atoms with E-state index in [9.17, 15) is 18.0 Å². The van der Waals surface area contributed by atoms with Crippen molar-refractivity contribution in [1.82, 2.24) is 18.8 Å². The van der Waals surface area contributed by atoms with Gasteiger partial charge in [-0.1, -0.05) is 30.3 Å². The van der Waals surface area contributed by atoms with Crippen molar-refractivity contribution in [2.24, 2.45) is 7.05 Å². The maximum atomic E-state index is 12.7. The molecule has 2 aromatic carbocycles. The maximum absolute atomic E-state index is 12.7. The quantitative estimate of drug-likeness (QED) is 0.630. The molecule has 4 rings (SSSR count). The van der Waals surface area contributed by atoms with E-state index in [2.05, 4.69) is 5.10 Å². The summed E-state index contributed by atoms with van der Waals surface area (Å²) in [6.45, 7) is 5.34. The van der Waals surface area contributed by atoms with Crippen LogP contribution in [0.15, 0.2) is 47.3 Å². The lowest BCUT2D eigenvalue weighted by Gasteiger charge is -2.29. The first-order valence-corrected chi connectivity index (χ1v) is 12.0. The number of carbonyl (C=O) groups is 1. The molecule has 10 heteroatoms. The standard InChI is InChI=1S/C23H26N4O5S/c1-23(2,3)32-22(29)25-33(30,31)27-12-11-15-13-16(9-10-17(15)14-27)20-18-7-5-6-8-19(18)21(28)26(4)24-20/h5-10,13H,11-12,14H2,1-4H3,(H,25,29). The van der Waals surface area contributed by atoms with E-state index in [0.29, 0.717) is 17.5 Å². The van der Waals surface area contributed by atoms with E-state index in [0.717, 1.165) is 22.1 Å². The third-order valence-corrected chi connectivity index (χ3v) is 6.78. The third kappa shape index (κ3) is 4.76. The van der Waals surface area contributed by atoms with Crippen LogP contribution < -0.4 is 10.3 Å². The van der Waals surface area contributed by atoms with E-state index in [4.69, 9.17) is 4.74 Å². The van der Waals surface area contributed by atoms with E-state index in [1.165, 1.54) is 8.99 Å². The van der Waals surface area contributed by atoms with Crippen LogP contribution >= 0.6 is 0 Å². The fraction of sp³-hybridized carbons (Fsp3) is 0.348. The van der Waals surface area contributed by atoms with Gasteiger partial charge in [0.05, 0.1) is 11.1 Å². The number of carbonyl (C=O) groups excluding carboxylic acids is 1. The van der Waals surface area contributed by atoms with Crippen LogP contribution in [0.3, 0.4) is 0 Å². The topological polar surface area (TPSA) is 111 Å². The Morgan fingerprint density at radius 1 is 1.09 bits per heavy atom. The molecule has 33 heavy (non-hydrogen) atoms. The van der Waals surface area contributed by atoms with Crippen LogP contribution in [0.5, 0.6) is 0 Å². The van der Waals surface area contributed by atoms with Crippen molar-refractivity contribution in [3.8, 4) is 11.3 Å². The molecule has 0 bridgehead atoms. The van der Waals surface area contributed by atoms with Crippen molar-refractivity contribution in [3.05, 3.63) is 63.9 Å². The molecule has 0 atom stereocenters. The van der Waals surface area contributed by atoms with Crippen molar-refractivity contribution < 1.29 is 17.9 Å². The second-order valence-corrected chi connectivity index (χ2v) is 10.7. The van der Waals surface area contributed by atoms with Gasteiger partial charge in [0, 0.05) is 31.1 Å². The molecule has 174 valence electrons. The maximum Gasteiger partial charge on any atom is 0.422 e. The molecule has 0 unspecified atom stereocenters. The Labute approximate surface area is 192 Å². The summed E-state index contributed by atoms with van der Waals surface area (Å²) in [7, 11) is -2.42. The number of aromatic nitrogens is 2. The van der Waals surface area contributed by atoms with Gasteiger partial charge in [0.2, 0.25) is 0 Å². The first-order chi connectivity index (χ1) is 15.4. The van der Waals surface area contributed by atoms with Gasteiger partial charge in [-0.3, -0.25) is 4.79 Å². The van der Waals surface area contributed by atoms with Crippen LogP contribution in [0, 0.1) is 0 Å². The zero-order chi connectivity index (χ0) is 24.0. The summed E-state index contributed by atoms with van der Waals surface area (Å²) in [5, 5.41) is 5.83. The van der Waals surface area contributed by atoms with Crippen LogP contribution in [0.4, 0.5) is 4.79 Å². The minimum Gasteiger partial charge on any atom is -0.443 e. The van der Waals surface area contributed by atoms with Gasteiger partial charge in [-0.2, -0.15) is 17.8 Å². The normalized spacial score (nSPS) is 14.7. The molecule has 3 aromatic rings. The van der Waals surface area contributed by atoms with Crippen LogP contribution in [0.2, 0.25) is 0 Å². The minimum atomic E-state index is -4.04. The fourth-order valence-electron chi connectivity index (χ4n) is 3.86. The number of amides is 1. The smallest absolute Gasteiger partial charge is 0.422 e. The SMILES string of the molecule is Cn1nc(-c2ccc3c(c2)CCN(S(=O)(=O)NC(=O)OC(C)(C)C)C3)c2ccccc2c1=O. The highest BCUT2D eigenvalue weighted by molar-refractivity contribution is 7.87.